The number of ether oxygens (including phenoxy) is 6. The number of hydrogen-bond acceptors (Lipinski definition) is 6. The number of aryl methyl sites for hydroxylation is 3. The Labute approximate surface area is 326 Å². The SMILES string of the molecule is CCCCCc1ccc(OCOC)c(-c2c(C)c(-c3cc(CCCCC)ccc3OCOC)c(C)c(-c3cc(CCCCC)ccc3OCOC)c2C)c1. The highest BCUT2D eigenvalue weighted by atomic mass is 16.7. The Kier molecular flexibility index (Phi) is 17.9. The lowest BCUT2D eigenvalue weighted by molar-refractivity contribution is 0.0514. The number of hydrogen-bond donors (Lipinski definition) is 0. The fraction of sp³-hybridized carbons (Fsp3) is 0.500. The zero-order valence-electron chi connectivity index (χ0n) is 34.8. The van der Waals surface area contributed by atoms with Gasteiger partial charge in [0.2, 0.25) is 0 Å². The molecule has 54 heavy (non-hydrogen) atoms. The molecule has 0 aliphatic heterocycles. The molecule has 0 aliphatic carbocycles. The first kappa shape index (κ1) is 42.9. The van der Waals surface area contributed by atoms with Crippen LogP contribution in [0.1, 0.15) is 112 Å². The monoisotopic (exact) mass is 738 g/mol. The topological polar surface area (TPSA) is 55.4 Å². The molecule has 4 rings (SSSR count). The number of methoxy groups -OCH3 is 3. The lowest BCUT2D eigenvalue weighted by Crippen LogP contribution is -2.07. The van der Waals surface area contributed by atoms with Crippen LogP contribution < -0.4 is 14.2 Å². The first-order valence-corrected chi connectivity index (χ1v) is 20.2. The van der Waals surface area contributed by atoms with Crippen LogP contribution in [0.5, 0.6) is 17.2 Å². The minimum Gasteiger partial charge on any atom is -0.467 e. The van der Waals surface area contributed by atoms with E-state index < -0.39 is 0 Å². The summed E-state index contributed by atoms with van der Waals surface area (Å²) in [5.74, 6) is 2.41. The van der Waals surface area contributed by atoms with E-state index in [-0.39, 0.29) is 20.4 Å². The van der Waals surface area contributed by atoms with Crippen molar-refractivity contribution in [1.29, 1.82) is 0 Å². The molecular weight excluding hydrogens is 673 g/mol. The van der Waals surface area contributed by atoms with Crippen LogP contribution in [-0.4, -0.2) is 41.7 Å². The molecule has 6 heteroatoms. The minimum atomic E-state index is 0.162. The molecule has 0 atom stereocenters. The molecule has 6 nitrogen and oxygen atoms in total. The quantitative estimate of drug-likeness (QED) is 0.0527. The van der Waals surface area contributed by atoms with Gasteiger partial charge in [-0.15, -0.1) is 0 Å². The van der Waals surface area contributed by atoms with E-state index in [1.165, 1.54) is 71.9 Å². The average Bonchev–Trinajstić information content (AvgIpc) is 3.17. The zero-order chi connectivity index (χ0) is 38.9. The molecule has 0 bridgehead atoms. The summed E-state index contributed by atoms with van der Waals surface area (Å²) >= 11 is 0. The summed E-state index contributed by atoms with van der Waals surface area (Å²) in [5, 5.41) is 0. The third-order valence-electron chi connectivity index (χ3n) is 10.4. The molecular formula is C48H66O6. The van der Waals surface area contributed by atoms with Crippen LogP contribution in [0.25, 0.3) is 33.4 Å². The maximum absolute atomic E-state index is 6.35. The fourth-order valence-electron chi connectivity index (χ4n) is 7.70. The second-order valence-corrected chi connectivity index (χ2v) is 14.5. The van der Waals surface area contributed by atoms with E-state index in [9.17, 15) is 0 Å². The summed E-state index contributed by atoms with van der Waals surface area (Å²) in [7, 11) is 5.00. The summed E-state index contributed by atoms with van der Waals surface area (Å²) in [4.78, 5) is 0. The minimum absolute atomic E-state index is 0.162. The Bertz CT molecular complexity index is 1530. The maximum atomic E-state index is 6.35. The van der Waals surface area contributed by atoms with Crippen LogP contribution >= 0.6 is 0 Å². The van der Waals surface area contributed by atoms with E-state index in [4.69, 9.17) is 28.4 Å². The van der Waals surface area contributed by atoms with Gasteiger partial charge in [-0.1, -0.05) is 77.5 Å². The third kappa shape index (κ3) is 11.1. The maximum Gasteiger partial charge on any atom is 0.188 e. The van der Waals surface area contributed by atoms with Gasteiger partial charge in [-0.2, -0.15) is 0 Å². The molecule has 0 N–H and O–H groups in total. The standard InChI is InChI=1S/C48H66O6/c1-10-13-16-19-37-22-25-43(52-31-49-7)40(28-37)46-34(4)47(41-29-38(20-17-14-11-2)23-26-44(41)53-32-50-8)36(6)48(35(46)5)42-30-39(21-18-15-12-3)24-27-45(42)54-33-51-9/h22-30H,10-21,31-33H2,1-9H3. The summed E-state index contributed by atoms with van der Waals surface area (Å²) in [6, 6.07) is 20.0. The van der Waals surface area contributed by atoms with Crippen molar-refractivity contribution in [2.75, 3.05) is 41.7 Å². The first-order chi connectivity index (χ1) is 26.3. The van der Waals surface area contributed by atoms with Gasteiger partial charge in [0, 0.05) is 38.0 Å². The van der Waals surface area contributed by atoms with Crippen molar-refractivity contribution >= 4 is 0 Å². The molecule has 0 saturated heterocycles. The highest BCUT2D eigenvalue weighted by molar-refractivity contribution is 5.95. The van der Waals surface area contributed by atoms with Gasteiger partial charge in [-0.25, -0.2) is 0 Å². The zero-order valence-corrected chi connectivity index (χ0v) is 34.8. The summed E-state index contributed by atoms with van der Waals surface area (Å²) in [5.41, 5.74) is 14.1. The molecule has 0 heterocycles. The van der Waals surface area contributed by atoms with Crippen molar-refractivity contribution in [3.63, 3.8) is 0 Å². The molecule has 0 unspecified atom stereocenters. The smallest absolute Gasteiger partial charge is 0.188 e. The van der Waals surface area contributed by atoms with E-state index in [1.54, 1.807) is 21.3 Å². The molecule has 0 fully saturated rings. The lowest BCUT2D eigenvalue weighted by atomic mass is 9.79. The second kappa shape index (κ2) is 22.5. The van der Waals surface area contributed by atoms with Crippen LogP contribution in [0.3, 0.4) is 0 Å². The molecule has 294 valence electrons. The molecule has 0 amide bonds. The number of rotatable bonds is 24. The van der Waals surface area contributed by atoms with Gasteiger partial charge in [0.05, 0.1) is 0 Å². The van der Waals surface area contributed by atoms with Crippen molar-refractivity contribution in [2.45, 2.75) is 119 Å². The van der Waals surface area contributed by atoms with E-state index >= 15 is 0 Å². The largest absolute Gasteiger partial charge is 0.467 e. The average molecular weight is 739 g/mol. The van der Waals surface area contributed by atoms with Crippen molar-refractivity contribution < 1.29 is 28.4 Å². The van der Waals surface area contributed by atoms with Crippen LogP contribution in [0, 0.1) is 20.8 Å². The van der Waals surface area contributed by atoms with Gasteiger partial charge in [0.25, 0.3) is 0 Å². The highest BCUT2D eigenvalue weighted by Crippen LogP contribution is 2.50. The van der Waals surface area contributed by atoms with Crippen LogP contribution in [0.2, 0.25) is 0 Å². The third-order valence-corrected chi connectivity index (χ3v) is 10.4. The summed E-state index contributed by atoms with van der Waals surface area (Å²) < 4.78 is 35.4. The Morgan fingerprint density at radius 1 is 0.389 bits per heavy atom. The van der Waals surface area contributed by atoms with Crippen molar-refractivity contribution in [1.82, 2.24) is 0 Å². The molecule has 0 radical (unpaired) electrons. The number of unbranched alkanes of at least 4 members (excludes halogenated alkanes) is 6. The number of benzene rings is 4. The predicted molar refractivity (Wildman–Crippen MR) is 224 cm³/mol. The van der Waals surface area contributed by atoms with Gasteiger partial charge in [0.15, 0.2) is 20.4 Å². The second-order valence-electron chi connectivity index (χ2n) is 14.5. The van der Waals surface area contributed by atoms with Crippen molar-refractivity contribution in [2.24, 2.45) is 0 Å². The molecule has 0 aliphatic rings. The van der Waals surface area contributed by atoms with Crippen molar-refractivity contribution in [3.05, 3.63) is 88.0 Å². The first-order valence-electron chi connectivity index (χ1n) is 20.2. The predicted octanol–water partition coefficient (Wildman–Crippen LogP) is 12.8. The summed E-state index contributed by atoms with van der Waals surface area (Å²) in [6.45, 7) is 14.0. The Morgan fingerprint density at radius 2 is 0.667 bits per heavy atom. The Morgan fingerprint density at radius 3 is 0.907 bits per heavy atom. The van der Waals surface area contributed by atoms with Gasteiger partial charge in [0.1, 0.15) is 17.2 Å². The fourth-order valence-corrected chi connectivity index (χ4v) is 7.70. The Balaban J connectivity index is 2.14. The molecule has 4 aromatic rings. The van der Waals surface area contributed by atoms with E-state index in [0.29, 0.717) is 0 Å². The highest BCUT2D eigenvalue weighted by Gasteiger charge is 2.26. The molecule has 0 aromatic heterocycles. The van der Waals surface area contributed by atoms with Crippen LogP contribution in [0.4, 0.5) is 0 Å². The normalized spacial score (nSPS) is 11.3. The van der Waals surface area contributed by atoms with Gasteiger partial charge < -0.3 is 28.4 Å². The lowest BCUT2D eigenvalue weighted by Gasteiger charge is -2.27. The van der Waals surface area contributed by atoms with Crippen molar-refractivity contribution in [3.8, 4) is 50.6 Å². The Hall–Kier alpha value is -3.84. The van der Waals surface area contributed by atoms with E-state index in [0.717, 1.165) is 89.2 Å². The van der Waals surface area contributed by atoms with Gasteiger partial charge in [-0.3, -0.25) is 0 Å². The van der Waals surface area contributed by atoms with Gasteiger partial charge >= 0.3 is 0 Å². The molecule has 0 spiro atoms. The molecule has 0 saturated carbocycles. The van der Waals surface area contributed by atoms with Crippen LogP contribution in [-0.2, 0) is 33.5 Å². The molecule has 4 aromatic carbocycles. The van der Waals surface area contributed by atoms with Crippen LogP contribution in [0.15, 0.2) is 54.6 Å². The summed E-state index contributed by atoms with van der Waals surface area (Å²) in [6.07, 6.45) is 13.6. The van der Waals surface area contributed by atoms with E-state index in [2.05, 4.69) is 96.1 Å². The van der Waals surface area contributed by atoms with Gasteiger partial charge in [-0.05, 0) is 146 Å². The van der Waals surface area contributed by atoms with E-state index in [1.807, 2.05) is 0 Å².